The van der Waals surface area contributed by atoms with Crippen LogP contribution in [0.5, 0.6) is 0 Å². The van der Waals surface area contributed by atoms with Crippen molar-refractivity contribution in [2.75, 3.05) is 6.54 Å². The lowest BCUT2D eigenvalue weighted by Gasteiger charge is -2.12. The van der Waals surface area contributed by atoms with Crippen LogP contribution in [-0.4, -0.2) is 27.7 Å². The van der Waals surface area contributed by atoms with Crippen molar-refractivity contribution in [3.63, 3.8) is 0 Å². The maximum absolute atomic E-state index is 11.3. The molecular weight excluding hydrogens is 208 g/mol. The molecule has 1 saturated heterocycles. The zero-order valence-corrected chi connectivity index (χ0v) is 8.51. The van der Waals surface area contributed by atoms with Crippen LogP contribution < -0.4 is 0 Å². The number of alkyl halides is 1. The van der Waals surface area contributed by atoms with E-state index in [4.69, 9.17) is 11.6 Å². The van der Waals surface area contributed by atoms with Crippen LogP contribution in [0.2, 0.25) is 0 Å². The quantitative estimate of drug-likeness (QED) is 0.702. The van der Waals surface area contributed by atoms with Crippen LogP contribution in [0.3, 0.4) is 0 Å². The summed E-state index contributed by atoms with van der Waals surface area (Å²) in [4.78, 5) is 17.2. The molecule has 2 heterocycles. The number of amides is 1. The van der Waals surface area contributed by atoms with Crippen LogP contribution in [0.4, 0.5) is 0 Å². The standard InChI is InChI=1S/C8H9ClN2OS/c9-6-3-8(12)11(4-6)5-7-10-1-2-13-7/h1-2,6H,3-5H2. The Labute approximate surface area is 85.3 Å². The highest BCUT2D eigenvalue weighted by Gasteiger charge is 2.28. The second-order valence-corrected chi connectivity index (χ2v) is 4.60. The summed E-state index contributed by atoms with van der Waals surface area (Å²) in [6.45, 7) is 1.26. The number of carbonyl (C=O) groups is 1. The minimum absolute atomic E-state index is 0.0209. The average molecular weight is 217 g/mol. The summed E-state index contributed by atoms with van der Waals surface area (Å²) in [5.74, 6) is 0.134. The Balaban J connectivity index is 1.99. The van der Waals surface area contributed by atoms with Crippen molar-refractivity contribution in [2.24, 2.45) is 0 Å². The number of carbonyl (C=O) groups excluding carboxylic acids is 1. The fraction of sp³-hybridized carbons (Fsp3) is 0.500. The summed E-state index contributed by atoms with van der Waals surface area (Å²) < 4.78 is 0. The number of aromatic nitrogens is 1. The molecule has 1 aliphatic heterocycles. The lowest BCUT2D eigenvalue weighted by atomic mass is 10.4. The van der Waals surface area contributed by atoms with E-state index in [0.29, 0.717) is 19.5 Å². The van der Waals surface area contributed by atoms with E-state index < -0.39 is 0 Å². The largest absolute Gasteiger partial charge is 0.334 e. The molecule has 0 saturated carbocycles. The van der Waals surface area contributed by atoms with Gasteiger partial charge >= 0.3 is 0 Å². The molecule has 3 nitrogen and oxygen atoms in total. The molecule has 2 rings (SSSR count). The van der Waals surface area contributed by atoms with Crippen LogP contribution in [0.25, 0.3) is 0 Å². The molecule has 0 radical (unpaired) electrons. The number of hydrogen-bond donors (Lipinski definition) is 0. The van der Waals surface area contributed by atoms with E-state index in [1.807, 2.05) is 5.38 Å². The molecule has 5 heteroatoms. The Kier molecular flexibility index (Phi) is 2.51. The topological polar surface area (TPSA) is 33.2 Å². The highest BCUT2D eigenvalue weighted by molar-refractivity contribution is 7.09. The number of nitrogens with zero attached hydrogens (tertiary/aromatic N) is 2. The molecule has 70 valence electrons. The van der Waals surface area contributed by atoms with Gasteiger partial charge in [0.1, 0.15) is 5.01 Å². The van der Waals surface area contributed by atoms with Gasteiger partial charge in [-0.2, -0.15) is 0 Å². The molecule has 0 aromatic carbocycles. The van der Waals surface area contributed by atoms with Gasteiger partial charge in [-0.05, 0) is 0 Å². The maximum atomic E-state index is 11.3. The molecule has 1 fully saturated rings. The van der Waals surface area contributed by atoms with E-state index in [1.54, 1.807) is 22.4 Å². The molecule has 1 aromatic heterocycles. The van der Waals surface area contributed by atoms with Gasteiger partial charge in [-0.3, -0.25) is 4.79 Å². The first-order valence-corrected chi connectivity index (χ1v) is 5.37. The van der Waals surface area contributed by atoms with Crippen LogP contribution in [0.1, 0.15) is 11.4 Å². The molecule has 0 spiro atoms. The van der Waals surface area contributed by atoms with Gasteiger partial charge in [0.15, 0.2) is 0 Å². The summed E-state index contributed by atoms with van der Waals surface area (Å²) in [5.41, 5.74) is 0. The van der Waals surface area contributed by atoms with Gasteiger partial charge in [-0.25, -0.2) is 4.98 Å². The van der Waals surface area contributed by atoms with E-state index in [9.17, 15) is 4.79 Å². The molecular formula is C8H9ClN2OS. The summed E-state index contributed by atoms with van der Waals surface area (Å²) in [5, 5.41) is 2.86. The number of halogens is 1. The fourth-order valence-corrected chi connectivity index (χ4v) is 2.30. The Hall–Kier alpha value is -0.610. The molecule has 13 heavy (non-hydrogen) atoms. The second-order valence-electron chi connectivity index (χ2n) is 3.00. The molecule has 1 atom stereocenters. The smallest absolute Gasteiger partial charge is 0.224 e. The van der Waals surface area contributed by atoms with Gasteiger partial charge in [0, 0.05) is 24.5 Å². The van der Waals surface area contributed by atoms with Crippen LogP contribution >= 0.6 is 22.9 Å². The predicted octanol–water partition coefficient (Wildman–Crippen LogP) is 1.48. The van der Waals surface area contributed by atoms with Gasteiger partial charge in [-0.1, -0.05) is 0 Å². The Morgan fingerprint density at radius 1 is 1.77 bits per heavy atom. The summed E-state index contributed by atoms with van der Waals surface area (Å²) in [6.07, 6.45) is 2.21. The van der Waals surface area contributed by atoms with Gasteiger partial charge in [-0.15, -0.1) is 22.9 Å². The lowest BCUT2D eigenvalue weighted by Crippen LogP contribution is -2.24. The molecule has 0 N–H and O–H groups in total. The van der Waals surface area contributed by atoms with E-state index >= 15 is 0 Å². The van der Waals surface area contributed by atoms with Crippen molar-refractivity contribution in [1.82, 2.24) is 9.88 Å². The summed E-state index contributed by atoms with van der Waals surface area (Å²) in [6, 6.07) is 0. The molecule has 0 bridgehead atoms. The molecule has 1 unspecified atom stereocenters. The van der Waals surface area contributed by atoms with Crippen LogP contribution in [-0.2, 0) is 11.3 Å². The second kappa shape index (κ2) is 3.64. The van der Waals surface area contributed by atoms with Crippen LogP contribution in [0.15, 0.2) is 11.6 Å². The van der Waals surface area contributed by atoms with Crippen LogP contribution in [0, 0.1) is 0 Å². The molecule has 1 aromatic rings. The predicted molar refractivity (Wildman–Crippen MR) is 51.8 cm³/mol. The third kappa shape index (κ3) is 2.00. The normalized spacial score (nSPS) is 22.7. The zero-order chi connectivity index (χ0) is 9.26. The van der Waals surface area contributed by atoms with E-state index in [0.717, 1.165) is 5.01 Å². The van der Waals surface area contributed by atoms with Crippen molar-refractivity contribution >= 4 is 28.8 Å². The van der Waals surface area contributed by atoms with Crippen molar-refractivity contribution in [3.05, 3.63) is 16.6 Å². The van der Waals surface area contributed by atoms with Gasteiger partial charge < -0.3 is 4.90 Å². The number of likely N-dealkylation sites (tertiary alicyclic amines) is 1. The van der Waals surface area contributed by atoms with E-state index in [1.165, 1.54) is 0 Å². The minimum Gasteiger partial charge on any atom is -0.334 e. The zero-order valence-electron chi connectivity index (χ0n) is 6.94. The highest BCUT2D eigenvalue weighted by atomic mass is 35.5. The van der Waals surface area contributed by atoms with Gasteiger partial charge in [0.25, 0.3) is 0 Å². The first-order valence-electron chi connectivity index (χ1n) is 4.06. The van der Waals surface area contributed by atoms with Crippen molar-refractivity contribution in [2.45, 2.75) is 18.3 Å². The Morgan fingerprint density at radius 3 is 3.15 bits per heavy atom. The average Bonchev–Trinajstić information content (AvgIpc) is 2.63. The van der Waals surface area contributed by atoms with E-state index in [-0.39, 0.29) is 11.3 Å². The fourth-order valence-electron chi connectivity index (χ4n) is 1.37. The number of thiazole rings is 1. The molecule has 1 aliphatic rings. The Morgan fingerprint density at radius 2 is 2.62 bits per heavy atom. The summed E-state index contributed by atoms with van der Waals surface area (Å²) >= 11 is 7.43. The van der Waals surface area contributed by atoms with Crippen molar-refractivity contribution in [3.8, 4) is 0 Å². The molecule has 0 aliphatic carbocycles. The van der Waals surface area contributed by atoms with Crippen molar-refractivity contribution in [1.29, 1.82) is 0 Å². The van der Waals surface area contributed by atoms with E-state index in [2.05, 4.69) is 4.98 Å². The van der Waals surface area contributed by atoms with Gasteiger partial charge in [0.2, 0.25) is 5.91 Å². The number of rotatable bonds is 2. The first kappa shape index (κ1) is 8.97. The first-order chi connectivity index (χ1) is 6.25. The summed E-state index contributed by atoms with van der Waals surface area (Å²) in [7, 11) is 0. The number of hydrogen-bond acceptors (Lipinski definition) is 3. The SMILES string of the molecule is O=C1CC(Cl)CN1Cc1nccs1. The molecule has 1 amide bonds. The van der Waals surface area contributed by atoms with Gasteiger partial charge in [0.05, 0.1) is 11.9 Å². The monoisotopic (exact) mass is 216 g/mol. The third-order valence-electron chi connectivity index (χ3n) is 1.98. The maximum Gasteiger partial charge on any atom is 0.224 e. The lowest BCUT2D eigenvalue weighted by molar-refractivity contribution is -0.128. The minimum atomic E-state index is -0.0209. The Bertz CT molecular complexity index is 301. The third-order valence-corrected chi connectivity index (χ3v) is 3.03. The van der Waals surface area contributed by atoms with Crippen molar-refractivity contribution < 1.29 is 4.79 Å². The highest BCUT2D eigenvalue weighted by Crippen LogP contribution is 2.19.